The number of aryl methyl sites for hydroxylation is 2. The highest BCUT2D eigenvalue weighted by Crippen LogP contribution is 2.32. The molecule has 0 saturated carbocycles. The summed E-state index contributed by atoms with van der Waals surface area (Å²) in [6.45, 7) is 2.26. The Morgan fingerprint density at radius 2 is 2.19 bits per heavy atom. The van der Waals surface area contributed by atoms with Gasteiger partial charge in [-0.25, -0.2) is 9.97 Å². The molecule has 134 valence electrons. The van der Waals surface area contributed by atoms with Crippen LogP contribution in [-0.4, -0.2) is 15.9 Å². The van der Waals surface area contributed by atoms with Crippen LogP contribution in [0.4, 0.5) is 5.13 Å². The Labute approximate surface area is 156 Å². The third kappa shape index (κ3) is 3.85. The molecule has 1 aliphatic carbocycles. The van der Waals surface area contributed by atoms with Crippen molar-refractivity contribution in [3.05, 3.63) is 53.0 Å². The van der Waals surface area contributed by atoms with Crippen molar-refractivity contribution in [2.45, 2.75) is 39.0 Å². The molecule has 2 aromatic heterocycles. The number of benzene rings is 1. The highest BCUT2D eigenvalue weighted by molar-refractivity contribution is 7.15. The smallest absolute Gasteiger partial charge is 0.226 e. The van der Waals surface area contributed by atoms with Crippen LogP contribution in [0.25, 0.3) is 11.3 Å². The molecular weight excluding hydrogens is 346 g/mol. The number of aromatic nitrogens is 2. The number of nitrogens with zero attached hydrogens (tertiary/aromatic N) is 2. The van der Waals surface area contributed by atoms with E-state index in [0.29, 0.717) is 29.8 Å². The average molecular weight is 367 g/mol. The molecule has 1 amide bonds. The summed E-state index contributed by atoms with van der Waals surface area (Å²) in [6.07, 6.45) is 5.77. The molecule has 0 spiro atoms. The number of carbonyl (C=O) groups excluding carboxylic acids is 1. The van der Waals surface area contributed by atoms with Crippen molar-refractivity contribution < 1.29 is 9.21 Å². The standard InChI is InChI=1S/C20H21N3O2S/c1-13-7-8-15-17(11-13)26-20(22-15)23-18(24)9-10-19-21-12-16(25-19)14-5-3-2-4-6-14/h2-6,12-13H,7-11H2,1H3,(H,22,23,24)/t13-/m1/s1. The van der Waals surface area contributed by atoms with E-state index in [2.05, 4.69) is 22.2 Å². The van der Waals surface area contributed by atoms with Crippen LogP contribution >= 0.6 is 11.3 Å². The number of carbonyl (C=O) groups is 1. The summed E-state index contributed by atoms with van der Waals surface area (Å²) >= 11 is 1.61. The van der Waals surface area contributed by atoms with E-state index in [9.17, 15) is 4.79 Å². The number of amides is 1. The molecule has 6 heteroatoms. The molecule has 0 fully saturated rings. The Kier molecular flexibility index (Phi) is 4.84. The van der Waals surface area contributed by atoms with E-state index in [1.807, 2.05) is 30.3 Å². The molecule has 4 rings (SSSR count). The number of anilines is 1. The summed E-state index contributed by atoms with van der Waals surface area (Å²) in [4.78, 5) is 22.4. The van der Waals surface area contributed by atoms with E-state index in [-0.39, 0.29) is 5.91 Å². The van der Waals surface area contributed by atoms with Gasteiger partial charge in [0.1, 0.15) is 0 Å². The number of nitrogens with one attached hydrogen (secondary N) is 1. The molecule has 1 aromatic carbocycles. The second-order valence-electron chi connectivity index (χ2n) is 6.77. The monoisotopic (exact) mass is 367 g/mol. The first kappa shape index (κ1) is 17.0. The van der Waals surface area contributed by atoms with Gasteiger partial charge >= 0.3 is 0 Å². The van der Waals surface area contributed by atoms with Gasteiger partial charge in [0.25, 0.3) is 0 Å². The molecular formula is C20H21N3O2S. The molecule has 26 heavy (non-hydrogen) atoms. The fourth-order valence-electron chi connectivity index (χ4n) is 3.16. The van der Waals surface area contributed by atoms with E-state index in [1.54, 1.807) is 17.5 Å². The number of oxazole rings is 1. The molecule has 0 unspecified atom stereocenters. The minimum Gasteiger partial charge on any atom is -0.441 e. The molecule has 0 radical (unpaired) electrons. The Bertz CT molecular complexity index is 901. The second-order valence-corrected chi connectivity index (χ2v) is 7.85. The van der Waals surface area contributed by atoms with Crippen LogP contribution in [0, 0.1) is 5.92 Å². The van der Waals surface area contributed by atoms with Crippen molar-refractivity contribution >= 4 is 22.4 Å². The first-order valence-electron chi connectivity index (χ1n) is 8.96. The zero-order chi connectivity index (χ0) is 17.9. The van der Waals surface area contributed by atoms with Crippen molar-refractivity contribution in [3.8, 4) is 11.3 Å². The van der Waals surface area contributed by atoms with Crippen LogP contribution in [0.3, 0.4) is 0 Å². The minimum atomic E-state index is -0.0522. The number of thiazole rings is 1. The summed E-state index contributed by atoms with van der Waals surface area (Å²) in [6, 6.07) is 9.82. The normalized spacial score (nSPS) is 16.3. The van der Waals surface area contributed by atoms with Crippen LogP contribution < -0.4 is 5.32 Å². The maximum Gasteiger partial charge on any atom is 0.226 e. The highest BCUT2D eigenvalue weighted by Gasteiger charge is 2.20. The van der Waals surface area contributed by atoms with Gasteiger partial charge in [0.05, 0.1) is 11.9 Å². The molecule has 1 aliphatic rings. The lowest BCUT2D eigenvalue weighted by molar-refractivity contribution is -0.116. The summed E-state index contributed by atoms with van der Waals surface area (Å²) in [7, 11) is 0. The Balaban J connectivity index is 1.33. The van der Waals surface area contributed by atoms with Gasteiger partial charge < -0.3 is 9.73 Å². The van der Waals surface area contributed by atoms with Gasteiger partial charge in [-0.1, -0.05) is 37.3 Å². The van der Waals surface area contributed by atoms with Gasteiger partial charge in [0.2, 0.25) is 5.91 Å². The summed E-state index contributed by atoms with van der Waals surface area (Å²) in [5, 5.41) is 3.64. The van der Waals surface area contributed by atoms with E-state index in [4.69, 9.17) is 4.42 Å². The van der Waals surface area contributed by atoms with Crippen LogP contribution in [0.1, 0.15) is 36.2 Å². The molecule has 3 aromatic rings. The van der Waals surface area contributed by atoms with Crippen molar-refractivity contribution in [2.24, 2.45) is 5.92 Å². The topological polar surface area (TPSA) is 68.0 Å². The van der Waals surface area contributed by atoms with E-state index in [1.165, 1.54) is 11.3 Å². The fraction of sp³-hybridized carbons (Fsp3) is 0.350. The quantitative estimate of drug-likeness (QED) is 0.721. The summed E-state index contributed by atoms with van der Waals surface area (Å²) < 4.78 is 5.74. The number of fused-ring (bicyclic) bond motifs is 1. The zero-order valence-electron chi connectivity index (χ0n) is 14.7. The summed E-state index contributed by atoms with van der Waals surface area (Å²) in [5.74, 6) is 1.95. The molecule has 0 bridgehead atoms. The highest BCUT2D eigenvalue weighted by atomic mass is 32.1. The zero-order valence-corrected chi connectivity index (χ0v) is 15.5. The van der Waals surface area contributed by atoms with E-state index in [0.717, 1.165) is 29.9 Å². The van der Waals surface area contributed by atoms with Gasteiger partial charge in [-0.2, -0.15) is 0 Å². The van der Waals surface area contributed by atoms with E-state index < -0.39 is 0 Å². The van der Waals surface area contributed by atoms with Crippen LogP contribution in [0.15, 0.2) is 40.9 Å². The number of hydrogen-bond acceptors (Lipinski definition) is 5. The lowest BCUT2D eigenvalue weighted by atomic mass is 9.93. The lowest BCUT2D eigenvalue weighted by Crippen LogP contribution is -2.12. The fourth-order valence-corrected chi connectivity index (χ4v) is 4.34. The minimum absolute atomic E-state index is 0.0522. The summed E-state index contributed by atoms with van der Waals surface area (Å²) in [5.41, 5.74) is 2.14. The van der Waals surface area contributed by atoms with Crippen molar-refractivity contribution in [3.63, 3.8) is 0 Å². The third-order valence-corrected chi connectivity index (χ3v) is 5.65. The maximum atomic E-state index is 12.2. The predicted octanol–water partition coefficient (Wildman–Crippen LogP) is 4.49. The van der Waals surface area contributed by atoms with Gasteiger partial charge in [-0.3, -0.25) is 4.79 Å². The molecule has 2 heterocycles. The van der Waals surface area contributed by atoms with E-state index >= 15 is 0 Å². The largest absolute Gasteiger partial charge is 0.441 e. The molecule has 5 nitrogen and oxygen atoms in total. The Hall–Kier alpha value is -2.47. The van der Waals surface area contributed by atoms with Crippen molar-refractivity contribution in [1.82, 2.24) is 9.97 Å². The Morgan fingerprint density at radius 3 is 3.04 bits per heavy atom. The van der Waals surface area contributed by atoms with Gasteiger partial charge in [-0.05, 0) is 25.2 Å². The first-order chi connectivity index (χ1) is 12.7. The first-order valence-corrected chi connectivity index (χ1v) is 9.77. The average Bonchev–Trinajstić information content (AvgIpc) is 3.27. The number of hydrogen-bond donors (Lipinski definition) is 1. The van der Waals surface area contributed by atoms with Crippen LogP contribution in [0.5, 0.6) is 0 Å². The van der Waals surface area contributed by atoms with Crippen LogP contribution in [0.2, 0.25) is 0 Å². The van der Waals surface area contributed by atoms with Gasteiger partial charge in [-0.15, -0.1) is 11.3 Å². The number of rotatable bonds is 5. The van der Waals surface area contributed by atoms with Crippen molar-refractivity contribution in [1.29, 1.82) is 0 Å². The van der Waals surface area contributed by atoms with Crippen molar-refractivity contribution in [2.75, 3.05) is 5.32 Å². The molecule has 1 atom stereocenters. The van der Waals surface area contributed by atoms with Gasteiger partial charge in [0, 0.05) is 23.3 Å². The second kappa shape index (κ2) is 7.41. The molecule has 0 saturated heterocycles. The lowest BCUT2D eigenvalue weighted by Gasteiger charge is -2.15. The third-order valence-electron chi connectivity index (χ3n) is 4.61. The van der Waals surface area contributed by atoms with Gasteiger partial charge in [0.15, 0.2) is 16.8 Å². The maximum absolute atomic E-state index is 12.2. The predicted molar refractivity (Wildman–Crippen MR) is 102 cm³/mol. The van der Waals surface area contributed by atoms with Crippen LogP contribution in [-0.2, 0) is 24.1 Å². The molecule has 1 N–H and O–H groups in total. The Morgan fingerprint density at radius 1 is 1.35 bits per heavy atom. The SMILES string of the molecule is C[C@@H]1CCc2nc(NC(=O)CCc3ncc(-c4ccccc4)o3)sc2C1. The molecule has 0 aliphatic heterocycles.